The highest BCUT2D eigenvalue weighted by Crippen LogP contribution is 2.18. The molecule has 1 unspecified atom stereocenters. The standard InChI is InChI=1S/C16H19BrN2O3/c1-11(9-18)19(2)16(20)15-8-7-14(22-15)10-21-13-5-3-12(17)4-6-13/h3-8,11H,9-10,18H2,1-2H3. The molecule has 22 heavy (non-hydrogen) atoms. The van der Waals surface area contributed by atoms with E-state index in [1.807, 2.05) is 31.2 Å². The Kier molecular flexibility index (Phi) is 5.63. The zero-order valence-corrected chi connectivity index (χ0v) is 14.2. The maximum Gasteiger partial charge on any atom is 0.289 e. The molecule has 0 fully saturated rings. The van der Waals surface area contributed by atoms with E-state index in [0.717, 1.165) is 10.2 Å². The summed E-state index contributed by atoms with van der Waals surface area (Å²) in [7, 11) is 1.71. The van der Waals surface area contributed by atoms with Crippen molar-refractivity contribution in [2.75, 3.05) is 13.6 Å². The average molecular weight is 367 g/mol. The van der Waals surface area contributed by atoms with Crippen LogP contribution in [0.3, 0.4) is 0 Å². The largest absolute Gasteiger partial charge is 0.486 e. The number of hydrogen-bond acceptors (Lipinski definition) is 4. The van der Waals surface area contributed by atoms with Crippen LogP contribution in [-0.2, 0) is 6.61 Å². The quantitative estimate of drug-likeness (QED) is 0.852. The van der Waals surface area contributed by atoms with Gasteiger partial charge in [0.25, 0.3) is 5.91 Å². The van der Waals surface area contributed by atoms with Gasteiger partial charge < -0.3 is 19.8 Å². The second kappa shape index (κ2) is 7.47. The summed E-state index contributed by atoms with van der Waals surface area (Å²) in [4.78, 5) is 13.8. The zero-order chi connectivity index (χ0) is 16.1. The van der Waals surface area contributed by atoms with Gasteiger partial charge >= 0.3 is 0 Å². The first-order valence-electron chi connectivity index (χ1n) is 6.95. The summed E-state index contributed by atoms with van der Waals surface area (Å²) >= 11 is 3.37. The van der Waals surface area contributed by atoms with Gasteiger partial charge in [-0.05, 0) is 43.3 Å². The molecular weight excluding hydrogens is 348 g/mol. The lowest BCUT2D eigenvalue weighted by molar-refractivity contribution is 0.0712. The fraction of sp³-hybridized carbons (Fsp3) is 0.312. The Balaban J connectivity index is 1.96. The lowest BCUT2D eigenvalue weighted by atomic mass is 10.3. The summed E-state index contributed by atoms with van der Waals surface area (Å²) in [6, 6.07) is 10.9. The van der Waals surface area contributed by atoms with Crippen LogP contribution < -0.4 is 10.5 Å². The maximum absolute atomic E-state index is 12.2. The number of nitrogens with two attached hydrogens (primary N) is 1. The molecule has 0 saturated carbocycles. The van der Waals surface area contributed by atoms with Crippen molar-refractivity contribution in [3.63, 3.8) is 0 Å². The Labute approximate surface area is 138 Å². The van der Waals surface area contributed by atoms with Crippen LogP contribution in [0.2, 0.25) is 0 Å². The number of amides is 1. The van der Waals surface area contributed by atoms with Crippen molar-refractivity contribution in [3.05, 3.63) is 52.4 Å². The highest BCUT2D eigenvalue weighted by molar-refractivity contribution is 9.10. The minimum atomic E-state index is -0.187. The highest BCUT2D eigenvalue weighted by atomic mass is 79.9. The van der Waals surface area contributed by atoms with Gasteiger partial charge in [-0.2, -0.15) is 0 Å². The predicted molar refractivity (Wildman–Crippen MR) is 87.8 cm³/mol. The number of carbonyl (C=O) groups is 1. The molecule has 1 aromatic heterocycles. The molecule has 0 spiro atoms. The van der Waals surface area contributed by atoms with E-state index >= 15 is 0 Å². The van der Waals surface area contributed by atoms with Crippen LogP contribution in [0.15, 0.2) is 45.3 Å². The van der Waals surface area contributed by atoms with Crippen LogP contribution in [0, 0.1) is 0 Å². The van der Waals surface area contributed by atoms with Crippen LogP contribution in [0.1, 0.15) is 23.2 Å². The second-order valence-electron chi connectivity index (χ2n) is 5.01. The SMILES string of the molecule is CC(CN)N(C)C(=O)c1ccc(COc2ccc(Br)cc2)o1. The predicted octanol–water partition coefficient (Wildman–Crippen LogP) is 3.04. The molecular formula is C16H19BrN2O3. The van der Waals surface area contributed by atoms with E-state index < -0.39 is 0 Å². The van der Waals surface area contributed by atoms with Crippen LogP contribution in [0.25, 0.3) is 0 Å². The van der Waals surface area contributed by atoms with E-state index in [4.69, 9.17) is 14.9 Å². The minimum absolute atomic E-state index is 0.0416. The highest BCUT2D eigenvalue weighted by Gasteiger charge is 2.19. The molecule has 2 N–H and O–H groups in total. The molecule has 0 saturated heterocycles. The fourth-order valence-corrected chi connectivity index (χ4v) is 2.05. The smallest absolute Gasteiger partial charge is 0.289 e. The molecule has 5 nitrogen and oxygen atoms in total. The topological polar surface area (TPSA) is 68.7 Å². The molecule has 2 rings (SSSR count). The number of hydrogen-bond donors (Lipinski definition) is 1. The minimum Gasteiger partial charge on any atom is -0.486 e. The molecule has 0 radical (unpaired) electrons. The molecule has 1 aromatic carbocycles. The van der Waals surface area contributed by atoms with Crippen molar-refractivity contribution in [2.24, 2.45) is 5.73 Å². The van der Waals surface area contributed by atoms with Crippen LogP contribution >= 0.6 is 15.9 Å². The number of benzene rings is 1. The number of carbonyl (C=O) groups excluding carboxylic acids is 1. The molecule has 1 heterocycles. The Hall–Kier alpha value is -1.79. The van der Waals surface area contributed by atoms with Gasteiger partial charge in [0.2, 0.25) is 0 Å². The third kappa shape index (κ3) is 4.11. The molecule has 0 aliphatic heterocycles. The van der Waals surface area contributed by atoms with Crippen molar-refractivity contribution in [1.82, 2.24) is 4.90 Å². The van der Waals surface area contributed by atoms with Gasteiger partial charge in [-0.3, -0.25) is 4.79 Å². The Morgan fingerprint density at radius 3 is 2.64 bits per heavy atom. The van der Waals surface area contributed by atoms with Gasteiger partial charge in [0.15, 0.2) is 5.76 Å². The van der Waals surface area contributed by atoms with Crippen molar-refractivity contribution in [3.8, 4) is 5.75 Å². The number of ether oxygens (including phenoxy) is 1. The monoisotopic (exact) mass is 366 g/mol. The van der Waals surface area contributed by atoms with E-state index in [2.05, 4.69) is 15.9 Å². The third-order valence-electron chi connectivity index (χ3n) is 3.39. The normalized spacial score (nSPS) is 12.0. The number of halogens is 1. The molecule has 2 aromatic rings. The lowest BCUT2D eigenvalue weighted by Crippen LogP contribution is -2.39. The van der Waals surface area contributed by atoms with Gasteiger partial charge in [-0.15, -0.1) is 0 Å². The summed E-state index contributed by atoms with van der Waals surface area (Å²) in [5, 5.41) is 0. The summed E-state index contributed by atoms with van der Waals surface area (Å²) in [6.07, 6.45) is 0. The Bertz CT molecular complexity index is 625. The van der Waals surface area contributed by atoms with Crippen molar-refractivity contribution >= 4 is 21.8 Å². The molecule has 0 bridgehead atoms. The first-order valence-corrected chi connectivity index (χ1v) is 7.75. The van der Waals surface area contributed by atoms with Gasteiger partial charge in [0, 0.05) is 24.1 Å². The van der Waals surface area contributed by atoms with E-state index in [9.17, 15) is 4.79 Å². The molecule has 1 amide bonds. The van der Waals surface area contributed by atoms with Crippen molar-refractivity contribution in [1.29, 1.82) is 0 Å². The van der Waals surface area contributed by atoms with Crippen molar-refractivity contribution in [2.45, 2.75) is 19.6 Å². The third-order valence-corrected chi connectivity index (χ3v) is 3.92. The fourth-order valence-electron chi connectivity index (χ4n) is 1.79. The van der Waals surface area contributed by atoms with Gasteiger partial charge in [-0.25, -0.2) is 0 Å². The van der Waals surface area contributed by atoms with Gasteiger partial charge in [-0.1, -0.05) is 15.9 Å². The first-order chi connectivity index (χ1) is 10.5. The number of nitrogens with zero attached hydrogens (tertiary/aromatic N) is 1. The molecule has 0 aliphatic carbocycles. The molecule has 0 aliphatic rings. The second-order valence-corrected chi connectivity index (χ2v) is 5.93. The maximum atomic E-state index is 12.2. The molecule has 118 valence electrons. The van der Waals surface area contributed by atoms with Gasteiger partial charge in [0.05, 0.1) is 0 Å². The van der Waals surface area contributed by atoms with E-state index in [1.165, 1.54) is 0 Å². The van der Waals surface area contributed by atoms with E-state index in [1.54, 1.807) is 24.1 Å². The molecule has 1 atom stereocenters. The number of rotatable bonds is 6. The number of likely N-dealkylation sites (N-methyl/N-ethyl adjacent to an activating group) is 1. The Morgan fingerprint density at radius 1 is 1.32 bits per heavy atom. The van der Waals surface area contributed by atoms with Crippen LogP contribution in [0.4, 0.5) is 0 Å². The van der Waals surface area contributed by atoms with E-state index in [0.29, 0.717) is 12.3 Å². The van der Waals surface area contributed by atoms with Crippen LogP contribution in [0.5, 0.6) is 5.75 Å². The summed E-state index contributed by atoms with van der Waals surface area (Å²) in [6.45, 7) is 2.56. The Morgan fingerprint density at radius 2 is 2.00 bits per heavy atom. The summed E-state index contributed by atoms with van der Waals surface area (Å²) < 4.78 is 12.1. The summed E-state index contributed by atoms with van der Waals surface area (Å²) in [5.41, 5.74) is 5.57. The number of furan rings is 1. The van der Waals surface area contributed by atoms with Gasteiger partial charge in [0.1, 0.15) is 18.1 Å². The average Bonchev–Trinajstić information content (AvgIpc) is 3.01. The van der Waals surface area contributed by atoms with Crippen molar-refractivity contribution < 1.29 is 13.9 Å². The van der Waals surface area contributed by atoms with E-state index in [-0.39, 0.29) is 24.3 Å². The van der Waals surface area contributed by atoms with Crippen LogP contribution in [-0.4, -0.2) is 30.4 Å². The molecule has 6 heteroatoms. The first kappa shape index (κ1) is 16.6. The summed E-state index contributed by atoms with van der Waals surface area (Å²) in [5.74, 6) is 1.44. The lowest BCUT2D eigenvalue weighted by Gasteiger charge is -2.22. The zero-order valence-electron chi connectivity index (χ0n) is 12.6.